The van der Waals surface area contributed by atoms with Crippen LogP contribution in [0, 0.1) is 0 Å². The second kappa shape index (κ2) is 8.08. The number of carbonyl (C=O) groups is 2. The van der Waals surface area contributed by atoms with Crippen LogP contribution in [0.5, 0.6) is 5.75 Å². The molecular weight excluding hydrogens is 330 g/mol. The fourth-order valence-corrected chi connectivity index (χ4v) is 3.90. The summed E-state index contributed by atoms with van der Waals surface area (Å²) in [6, 6.07) is 9.58. The fourth-order valence-electron chi connectivity index (χ4n) is 3.90. The topological polar surface area (TPSA) is 53.1 Å². The molecule has 0 aromatic heterocycles. The van der Waals surface area contributed by atoms with E-state index in [0.717, 1.165) is 38.2 Å². The summed E-state index contributed by atoms with van der Waals surface area (Å²) in [5.74, 6) is 1.13. The molecule has 6 nitrogen and oxygen atoms in total. The summed E-state index contributed by atoms with van der Waals surface area (Å²) in [5.41, 5.74) is -0.0887. The number of amides is 2. The van der Waals surface area contributed by atoms with Crippen LogP contribution in [0.4, 0.5) is 0 Å². The largest absolute Gasteiger partial charge is 0.493 e. The number of ether oxygens (including phenoxy) is 1. The maximum Gasteiger partial charge on any atom is 0.226 e. The standard InChI is InChI=1S/C20H29N3O3/c1-21-12-11-20(10-8-18(21)24)16-23(14-13-22(20)2)19(25)9-15-26-17-6-4-3-5-7-17/h3-7H,8-16H2,1-2H3. The molecule has 2 aliphatic heterocycles. The molecule has 0 radical (unpaired) electrons. The van der Waals surface area contributed by atoms with E-state index >= 15 is 0 Å². The summed E-state index contributed by atoms with van der Waals surface area (Å²) in [6.45, 7) is 3.44. The molecule has 0 bridgehead atoms. The second-order valence-electron chi connectivity index (χ2n) is 7.44. The summed E-state index contributed by atoms with van der Waals surface area (Å²) < 4.78 is 5.66. The summed E-state index contributed by atoms with van der Waals surface area (Å²) in [6.07, 6.45) is 2.67. The Morgan fingerprint density at radius 1 is 1.12 bits per heavy atom. The van der Waals surface area contributed by atoms with Crippen molar-refractivity contribution in [3.05, 3.63) is 30.3 Å². The molecule has 3 rings (SSSR count). The summed E-state index contributed by atoms with van der Waals surface area (Å²) in [7, 11) is 3.99. The first-order chi connectivity index (χ1) is 12.5. The first-order valence-corrected chi connectivity index (χ1v) is 9.41. The molecule has 2 heterocycles. The molecule has 2 aliphatic rings. The van der Waals surface area contributed by atoms with Gasteiger partial charge in [-0.05, 0) is 32.0 Å². The minimum atomic E-state index is -0.0887. The monoisotopic (exact) mass is 359 g/mol. The molecule has 26 heavy (non-hydrogen) atoms. The van der Waals surface area contributed by atoms with Crippen molar-refractivity contribution < 1.29 is 14.3 Å². The van der Waals surface area contributed by atoms with Crippen molar-refractivity contribution in [2.24, 2.45) is 0 Å². The molecule has 0 N–H and O–H groups in total. The Kier molecular flexibility index (Phi) is 5.81. The lowest BCUT2D eigenvalue weighted by Crippen LogP contribution is -2.62. The molecule has 6 heteroatoms. The van der Waals surface area contributed by atoms with Crippen LogP contribution in [0.1, 0.15) is 25.7 Å². The van der Waals surface area contributed by atoms with E-state index in [4.69, 9.17) is 4.74 Å². The Hall–Kier alpha value is -2.08. The zero-order valence-electron chi connectivity index (χ0n) is 15.8. The summed E-state index contributed by atoms with van der Waals surface area (Å²) in [5, 5.41) is 0. The lowest BCUT2D eigenvalue weighted by molar-refractivity contribution is -0.137. The molecule has 1 aromatic rings. The predicted octanol–water partition coefficient (Wildman–Crippen LogP) is 1.61. The molecule has 1 unspecified atom stereocenters. The number of hydrogen-bond acceptors (Lipinski definition) is 4. The Bertz CT molecular complexity index is 636. The zero-order chi connectivity index (χ0) is 18.6. The number of nitrogens with zero attached hydrogens (tertiary/aromatic N) is 3. The third-order valence-corrected chi connectivity index (χ3v) is 5.82. The third kappa shape index (κ3) is 4.18. The van der Waals surface area contributed by atoms with E-state index in [2.05, 4.69) is 11.9 Å². The van der Waals surface area contributed by atoms with Crippen molar-refractivity contribution in [3.63, 3.8) is 0 Å². The van der Waals surface area contributed by atoms with Crippen molar-refractivity contribution in [1.29, 1.82) is 0 Å². The fraction of sp³-hybridized carbons (Fsp3) is 0.600. The van der Waals surface area contributed by atoms with E-state index in [9.17, 15) is 9.59 Å². The molecule has 2 amide bonds. The van der Waals surface area contributed by atoms with Gasteiger partial charge >= 0.3 is 0 Å². The highest BCUT2D eigenvalue weighted by molar-refractivity contribution is 5.77. The van der Waals surface area contributed by atoms with Gasteiger partial charge < -0.3 is 14.5 Å². The highest BCUT2D eigenvalue weighted by atomic mass is 16.5. The molecule has 142 valence electrons. The molecular formula is C20H29N3O3. The highest BCUT2D eigenvalue weighted by Gasteiger charge is 2.42. The molecule has 2 saturated heterocycles. The van der Waals surface area contributed by atoms with Crippen LogP contribution in [0.2, 0.25) is 0 Å². The van der Waals surface area contributed by atoms with E-state index in [1.54, 1.807) is 0 Å². The third-order valence-electron chi connectivity index (χ3n) is 5.82. The van der Waals surface area contributed by atoms with Crippen LogP contribution >= 0.6 is 0 Å². The quantitative estimate of drug-likeness (QED) is 0.820. The van der Waals surface area contributed by atoms with E-state index in [1.807, 2.05) is 47.2 Å². The van der Waals surface area contributed by atoms with Crippen molar-refractivity contribution in [3.8, 4) is 5.75 Å². The number of para-hydroxylation sites is 1. The maximum absolute atomic E-state index is 12.7. The minimum Gasteiger partial charge on any atom is -0.493 e. The molecule has 1 aromatic carbocycles. The average Bonchev–Trinajstić information content (AvgIpc) is 2.79. The van der Waals surface area contributed by atoms with Crippen molar-refractivity contribution >= 4 is 11.8 Å². The van der Waals surface area contributed by atoms with Crippen LogP contribution in [-0.2, 0) is 9.59 Å². The minimum absolute atomic E-state index is 0.0887. The van der Waals surface area contributed by atoms with Crippen LogP contribution in [0.25, 0.3) is 0 Å². The van der Waals surface area contributed by atoms with Gasteiger partial charge in [-0.3, -0.25) is 14.5 Å². The first kappa shape index (κ1) is 18.7. The van der Waals surface area contributed by atoms with E-state index < -0.39 is 0 Å². The normalized spacial score (nSPS) is 24.6. The Balaban J connectivity index is 1.56. The van der Waals surface area contributed by atoms with Crippen LogP contribution in [-0.4, -0.2) is 78.9 Å². The molecule has 0 saturated carbocycles. The Morgan fingerprint density at radius 3 is 2.65 bits per heavy atom. The molecule has 1 atom stereocenters. The lowest BCUT2D eigenvalue weighted by Gasteiger charge is -2.49. The van der Waals surface area contributed by atoms with Crippen LogP contribution < -0.4 is 4.74 Å². The van der Waals surface area contributed by atoms with Gasteiger partial charge in [0.15, 0.2) is 0 Å². The van der Waals surface area contributed by atoms with E-state index in [0.29, 0.717) is 26.0 Å². The van der Waals surface area contributed by atoms with Gasteiger partial charge in [-0.25, -0.2) is 0 Å². The number of hydrogen-bond donors (Lipinski definition) is 0. The summed E-state index contributed by atoms with van der Waals surface area (Å²) >= 11 is 0. The van der Waals surface area contributed by atoms with E-state index in [-0.39, 0.29) is 17.4 Å². The van der Waals surface area contributed by atoms with Gasteiger partial charge in [0.05, 0.1) is 13.0 Å². The number of carbonyl (C=O) groups excluding carboxylic acids is 2. The van der Waals surface area contributed by atoms with Crippen molar-refractivity contribution in [2.45, 2.75) is 31.2 Å². The van der Waals surface area contributed by atoms with Gasteiger partial charge in [0.1, 0.15) is 5.75 Å². The average molecular weight is 359 g/mol. The number of likely N-dealkylation sites (tertiary alicyclic amines) is 1. The number of likely N-dealkylation sites (N-methyl/N-ethyl adjacent to an activating group) is 1. The van der Waals surface area contributed by atoms with Gasteiger partial charge in [-0.15, -0.1) is 0 Å². The summed E-state index contributed by atoms with van der Waals surface area (Å²) in [4.78, 5) is 30.9. The Labute approximate surface area is 155 Å². The number of benzene rings is 1. The van der Waals surface area contributed by atoms with Crippen LogP contribution in [0.15, 0.2) is 30.3 Å². The molecule has 0 aliphatic carbocycles. The van der Waals surface area contributed by atoms with Gasteiger partial charge in [0.25, 0.3) is 0 Å². The molecule has 2 fully saturated rings. The van der Waals surface area contributed by atoms with Gasteiger partial charge in [0.2, 0.25) is 11.8 Å². The number of rotatable bonds is 4. The van der Waals surface area contributed by atoms with Crippen molar-refractivity contribution in [1.82, 2.24) is 14.7 Å². The number of piperazine rings is 1. The predicted molar refractivity (Wildman–Crippen MR) is 100.0 cm³/mol. The Morgan fingerprint density at radius 2 is 1.88 bits per heavy atom. The smallest absolute Gasteiger partial charge is 0.226 e. The van der Waals surface area contributed by atoms with Gasteiger partial charge in [0, 0.05) is 45.2 Å². The van der Waals surface area contributed by atoms with Crippen LogP contribution in [0.3, 0.4) is 0 Å². The second-order valence-corrected chi connectivity index (χ2v) is 7.44. The van der Waals surface area contributed by atoms with Gasteiger partial charge in [-0.1, -0.05) is 18.2 Å². The highest BCUT2D eigenvalue weighted by Crippen LogP contribution is 2.32. The maximum atomic E-state index is 12.7. The lowest BCUT2D eigenvalue weighted by atomic mass is 9.86. The van der Waals surface area contributed by atoms with Crippen molar-refractivity contribution in [2.75, 3.05) is 46.9 Å². The van der Waals surface area contributed by atoms with E-state index in [1.165, 1.54) is 0 Å². The molecule has 1 spiro atoms. The zero-order valence-corrected chi connectivity index (χ0v) is 15.8. The SMILES string of the molecule is CN1CCC2(CCC1=O)CN(C(=O)CCOc1ccccc1)CCN2C. The first-order valence-electron chi connectivity index (χ1n) is 9.41. The van der Waals surface area contributed by atoms with Gasteiger partial charge in [-0.2, -0.15) is 0 Å².